The molecule has 0 aromatic heterocycles. The van der Waals surface area contributed by atoms with E-state index >= 15 is 0 Å². The molecule has 5 nitrogen and oxygen atoms in total. The van der Waals surface area contributed by atoms with Gasteiger partial charge in [0.1, 0.15) is 0 Å². The number of hydrogen-bond donors (Lipinski definition) is 2. The molecule has 1 aromatic carbocycles. The Morgan fingerprint density at radius 3 is 2.56 bits per heavy atom. The predicted octanol–water partition coefficient (Wildman–Crippen LogP) is 2.45. The third-order valence-electron chi connectivity index (χ3n) is 5.18. The summed E-state index contributed by atoms with van der Waals surface area (Å²) in [6.45, 7) is 5.52. The van der Waals surface area contributed by atoms with E-state index in [1.54, 1.807) is 17.0 Å². The first-order valence-electron chi connectivity index (χ1n) is 9.36. The Morgan fingerprint density at radius 2 is 1.92 bits per heavy atom. The monoisotopic (exact) mass is 346 g/mol. The zero-order valence-electron chi connectivity index (χ0n) is 15.3. The molecule has 0 bridgehead atoms. The number of carbonyl (C=O) groups is 2. The van der Waals surface area contributed by atoms with Crippen LogP contribution < -0.4 is 5.32 Å². The molecule has 2 N–H and O–H groups in total. The van der Waals surface area contributed by atoms with Crippen LogP contribution in [0, 0.1) is 11.8 Å². The van der Waals surface area contributed by atoms with E-state index in [1.807, 2.05) is 32.0 Å². The lowest BCUT2D eigenvalue weighted by Crippen LogP contribution is -2.47. The van der Waals surface area contributed by atoms with Crippen molar-refractivity contribution in [3.05, 3.63) is 35.9 Å². The number of hydrogen-bond acceptors (Lipinski definition) is 3. The molecule has 0 spiro atoms. The number of benzene rings is 1. The number of piperidine rings is 1. The topological polar surface area (TPSA) is 69.6 Å². The number of nitrogens with one attached hydrogen (secondary N) is 1. The number of rotatable bonds is 7. The fraction of sp³-hybridized carbons (Fsp3) is 0.600. The lowest BCUT2D eigenvalue weighted by molar-refractivity contribution is -0.127. The van der Waals surface area contributed by atoms with Crippen LogP contribution in [0.3, 0.4) is 0 Å². The number of likely N-dealkylation sites (tertiary alicyclic amines) is 1. The van der Waals surface area contributed by atoms with Crippen molar-refractivity contribution in [2.24, 2.45) is 11.8 Å². The van der Waals surface area contributed by atoms with Gasteiger partial charge in [0.2, 0.25) is 5.91 Å². The number of carbonyl (C=O) groups excluding carboxylic acids is 2. The molecule has 1 aliphatic heterocycles. The summed E-state index contributed by atoms with van der Waals surface area (Å²) in [7, 11) is 0. The summed E-state index contributed by atoms with van der Waals surface area (Å²) in [6, 6.07) is 9.19. The van der Waals surface area contributed by atoms with Gasteiger partial charge in [0.15, 0.2) is 0 Å². The molecule has 1 saturated heterocycles. The van der Waals surface area contributed by atoms with Crippen molar-refractivity contribution >= 4 is 11.8 Å². The molecule has 2 unspecified atom stereocenters. The van der Waals surface area contributed by atoms with E-state index in [9.17, 15) is 14.7 Å². The van der Waals surface area contributed by atoms with Crippen LogP contribution in [0.1, 0.15) is 49.9 Å². The fourth-order valence-corrected chi connectivity index (χ4v) is 3.49. The molecule has 0 aliphatic carbocycles. The van der Waals surface area contributed by atoms with Gasteiger partial charge in [0.25, 0.3) is 5.91 Å². The van der Waals surface area contributed by atoms with Gasteiger partial charge in [-0.2, -0.15) is 0 Å². The molecule has 0 radical (unpaired) electrons. The van der Waals surface area contributed by atoms with Crippen LogP contribution in [0.25, 0.3) is 0 Å². The second kappa shape index (κ2) is 9.56. The minimum atomic E-state index is -0.510. The minimum absolute atomic E-state index is 0.0184. The molecule has 0 saturated carbocycles. The highest BCUT2D eigenvalue weighted by molar-refractivity contribution is 5.94. The third-order valence-corrected chi connectivity index (χ3v) is 5.18. The van der Waals surface area contributed by atoms with E-state index in [0.29, 0.717) is 18.7 Å². The van der Waals surface area contributed by atoms with Crippen LogP contribution in [0.4, 0.5) is 0 Å². The van der Waals surface area contributed by atoms with E-state index in [-0.39, 0.29) is 30.2 Å². The lowest BCUT2D eigenvalue weighted by atomic mass is 9.94. The van der Waals surface area contributed by atoms with Gasteiger partial charge in [-0.15, -0.1) is 0 Å². The highest BCUT2D eigenvalue weighted by Gasteiger charge is 2.29. The van der Waals surface area contributed by atoms with E-state index < -0.39 is 6.10 Å². The zero-order valence-corrected chi connectivity index (χ0v) is 15.3. The van der Waals surface area contributed by atoms with Crippen molar-refractivity contribution in [1.82, 2.24) is 10.2 Å². The Bertz CT molecular complexity index is 557. The maximum atomic E-state index is 12.6. The standard InChI is InChI=1S/C20H30N2O3/c1-3-15(4-2)18(23)13-21-19(24)17-11-8-12-22(14-17)20(25)16-9-6-5-7-10-16/h5-7,9-10,15,17-18,23H,3-4,8,11-14H2,1-2H3,(H,21,24). The molecule has 1 aromatic rings. The van der Waals surface area contributed by atoms with Crippen molar-refractivity contribution in [1.29, 1.82) is 0 Å². The summed E-state index contributed by atoms with van der Waals surface area (Å²) in [6.07, 6.45) is 2.90. The first kappa shape index (κ1) is 19.4. The molecular formula is C20H30N2O3. The first-order valence-corrected chi connectivity index (χ1v) is 9.36. The van der Waals surface area contributed by atoms with E-state index in [4.69, 9.17) is 0 Å². The SMILES string of the molecule is CCC(CC)C(O)CNC(=O)C1CCCN(C(=O)c2ccccc2)C1. The summed E-state index contributed by atoms with van der Waals surface area (Å²) >= 11 is 0. The smallest absolute Gasteiger partial charge is 0.253 e. The van der Waals surface area contributed by atoms with Crippen LogP contribution in [0.15, 0.2) is 30.3 Å². The highest BCUT2D eigenvalue weighted by Crippen LogP contribution is 2.19. The number of nitrogens with zero attached hydrogens (tertiary/aromatic N) is 1. The van der Waals surface area contributed by atoms with E-state index in [1.165, 1.54) is 0 Å². The Labute approximate surface area is 150 Å². The largest absolute Gasteiger partial charge is 0.391 e. The molecule has 1 aliphatic rings. The zero-order chi connectivity index (χ0) is 18.2. The van der Waals surface area contributed by atoms with Gasteiger partial charge in [0, 0.05) is 25.2 Å². The summed E-state index contributed by atoms with van der Waals surface area (Å²) in [5.41, 5.74) is 0.660. The Balaban J connectivity index is 1.88. The van der Waals surface area contributed by atoms with Crippen LogP contribution in [0.2, 0.25) is 0 Å². The van der Waals surface area contributed by atoms with Gasteiger partial charge in [-0.25, -0.2) is 0 Å². The molecule has 2 amide bonds. The molecule has 2 atom stereocenters. The number of aliphatic hydroxyl groups excluding tert-OH is 1. The Hall–Kier alpha value is -1.88. The molecule has 5 heteroatoms. The van der Waals surface area contributed by atoms with Gasteiger partial charge in [0.05, 0.1) is 12.0 Å². The molecular weight excluding hydrogens is 316 g/mol. The van der Waals surface area contributed by atoms with Gasteiger partial charge in [-0.1, -0.05) is 44.9 Å². The van der Waals surface area contributed by atoms with Crippen molar-refractivity contribution in [3.8, 4) is 0 Å². The van der Waals surface area contributed by atoms with Crippen LogP contribution >= 0.6 is 0 Å². The average Bonchev–Trinajstić information content (AvgIpc) is 2.67. The summed E-state index contributed by atoms with van der Waals surface area (Å²) in [5.74, 6) is -0.0659. The Kier molecular flexibility index (Phi) is 7.44. The first-order chi connectivity index (χ1) is 12.1. The van der Waals surface area contributed by atoms with Crippen LogP contribution in [0.5, 0.6) is 0 Å². The average molecular weight is 346 g/mol. The summed E-state index contributed by atoms with van der Waals surface area (Å²) in [5, 5.41) is 13.0. The fourth-order valence-electron chi connectivity index (χ4n) is 3.49. The second-order valence-corrected chi connectivity index (χ2v) is 6.85. The van der Waals surface area contributed by atoms with Gasteiger partial charge in [-0.05, 0) is 30.9 Å². The molecule has 1 heterocycles. The maximum absolute atomic E-state index is 12.6. The van der Waals surface area contributed by atoms with Gasteiger partial charge in [-0.3, -0.25) is 9.59 Å². The summed E-state index contributed by atoms with van der Waals surface area (Å²) < 4.78 is 0. The van der Waals surface area contributed by atoms with Crippen molar-refractivity contribution in [2.75, 3.05) is 19.6 Å². The highest BCUT2D eigenvalue weighted by atomic mass is 16.3. The molecule has 1 fully saturated rings. The van der Waals surface area contributed by atoms with Crippen molar-refractivity contribution in [2.45, 2.75) is 45.6 Å². The van der Waals surface area contributed by atoms with E-state index in [2.05, 4.69) is 5.32 Å². The van der Waals surface area contributed by atoms with E-state index in [0.717, 1.165) is 25.7 Å². The quantitative estimate of drug-likeness (QED) is 0.797. The lowest BCUT2D eigenvalue weighted by Gasteiger charge is -2.32. The molecule has 25 heavy (non-hydrogen) atoms. The minimum Gasteiger partial charge on any atom is -0.391 e. The van der Waals surface area contributed by atoms with Crippen molar-refractivity contribution in [3.63, 3.8) is 0 Å². The predicted molar refractivity (Wildman–Crippen MR) is 98.2 cm³/mol. The maximum Gasteiger partial charge on any atom is 0.253 e. The van der Waals surface area contributed by atoms with Gasteiger partial charge >= 0.3 is 0 Å². The Morgan fingerprint density at radius 1 is 1.24 bits per heavy atom. The second-order valence-electron chi connectivity index (χ2n) is 6.85. The van der Waals surface area contributed by atoms with Gasteiger partial charge < -0.3 is 15.3 Å². The van der Waals surface area contributed by atoms with Crippen LogP contribution in [-0.2, 0) is 4.79 Å². The van der Waals surface area contributed by atoms with Crippen molar-refractivity contribution < 1.29 is 14.7 Å². The normalized spacial score (nSPS) is 18.9. The molecule has 2 rings (SSSR count). The number of aliphatic hydroxyl groups is 1. The number of amides is 2. The molecule has 138 valence electrons. The summed E-state index contributed by atoms with van der Waals surface area (Å²) in [4.78, 5) is 26.8. The van der Waals surface area contributed by atoms with Crippen LogP contribution in [-0.4, -0.2) is 47.6 Å². The third kappa shape index (κ3) is 5.30.